The standard InChI is InChI=1S/C30H36FN3O6S/c1-5-6-18-32-30(36)22(2)33(20-23-8-7-9-27(19-23)40-4)29(35)21-34(25-12-10-24(31)11-13-25)41(37,38)28-16-14-26(39-3)15-17-28/h7-17,19,22H,5-6,18,20-21H2,1-4H3,(H,32,36)/t22-/m1/s1. The van der Waals surface area contributed by atoms with Crippen molar-refractivity contribution < 1.29 is 31.9 Å². The van der Waals surface area contributed by atoms with E-state index < -0.39 is 34.3 Å². The number of halogens is 1. The summed E-state index contributed by atoms with van der Waals surface area (Å²) in [6, 6.07) is 16.7. The lowest BCUT2D eigenvalue weighted by Gasteiger charge is -2.32. The van der Waals surface area contributed by atoms with Crippen molar-refractivity contribution in [1.29, 1.82) is 0 Å². The lowest BCUT2D eigenvalue weighted by Crippen LogP contribution is -2.51. The van der Waals surface area contributed by atoms with Crippen LogP contribution in [-0.4, -0.2) is 58.5 Å². The molecule has 9 nitrogen and oxygen atoms in total. The first-order valence-electron chi connectivity index (χ1n) is 13.2. The van der Waals surface area contributed by atoms with Gasteiger partial charge in [0.15, 0.2) is 0 Å². The van der Waals surface area contributed by atoms with Crippen LogP contribution in [-0.2, 0) is 26.2 Å². The Labute approximate surface area is 240 Å². The molecule has 0 heterocycles. The average Bonchev–Trinajstić information content (AvgIpc) is 2.98. The van der Waals surface area contributed by atoms with Crippen LogP contribution in [0.1, 0.15) is 32.3 Å². The van der Waals surface area contributed by atoms with Gasteiger partial charge in [-0.3, -0.25) is 13.9 Å². The van der Waals surface area contributed by atoms with Crippen LogP contribution in [0.4, 0.5) is 10.1 Å². The van der Waals surface area contributed by atoms with Crippen molar-refractivity contribution in [3.05, 3.63) is 84.2 Å². The monoisotopic (exact) mass is 585 g/mol. The van der Waals surface area contributed by atoms with Crippen LogP contribution >= 0.6 is 0 Å². The van der Waals surface area contributed by atoms with E-state index in [0.29, 0.717) is 23.6 Å². The Bertz CT molecular complexity index is 1410. The molecule has 41 heavy (non-hydrogen) atoms. The molecule has 0 spiro atoms. The second-order valence-electron chi connectivity index (χ2n) is 9.36. The number of amides is 2. The van der Waals surface area contributed by atoms with E-state index in [1.165, 1.54) is 55.5 Å². The van der Waals surface area contributed by atoms with Gasteiger partial charge in [-0.15, -0.1) is 0 Å². The molecule has 0 fully saturated rings. The first kappa shape index (κ1) is 31.4. The lowest BCUT2D eigenvalue weighted by atomic mass is 10.1. The molecular weight excluding hydrogens is 549 g/mol. The van der Waals surface area contributed by atoms with Gasteiger partial charge in [0, 0.05) is 13.1 Å². The summed E-state index contributed by atoms with van der Waals surface area (Å²) in [7, 11) is -1.29. The van der Waals surface area contributed by atoms with E-state index in [4.69, 9.17) is 9.47 Å². The molecule has 0 radical (unpaired) electrons. The van der Waals surface area contributed by atoms with E-state index >= 15 is 0 Å². The van der Waals surface area contributed by atoms with Crippen LogP contribution in [0, 0.1) is 5.82 Å². The predicted octanol–water partition coefficient (Wildman–Crippen LogP) is 4.37. The molecule has 0 aliphatic rings. The van der Waals surface area contributed by atoms with Crippen LogP contribution in [0.25, 0.3) is 0 Å². The molecule has 0 aromatic heterocycles. The number of anilines is 1. The molecule has 3 aromatic carbocycles. The zero-order valence-electron chi connectivity index (χ0n) is 23.7. The van der Waals surface area contributed by atoms with Crippen molar-refractivity contribution >= 4 is 27.5 Å². The van der Waals surface area contributed by atoms with Gasteiger partial charge in [0.05, 0.1) is 24.8 Å². The Balaban J connectivity index is 2.00. The van der Waals surface area contributed by atoms with E-state index in [9.17, 15) is 22.4 Å². The SMILES string of the molecule is CCCCNC(=O)[C@@H](C)N(Cc1cccc(OC)c1)C(=O)CN(c1ccc(F)cc1)S(=O)(=O)c1ccc(OC)cc1. The summed E-state index contributed by atoms with van der Waals surface area (Å²) in [5.74, 6) is -0.502. The number of carbonyl (C=O) groups excluding carboxylic acids is 2. The molecule has 0 aliphatic carbocycles. The van der Waals surface area contributed by atoms with Crippen molar-refractivity contribution in [2.24, 2.45) is 0 Å². The van der Waals surface area contributed by atoms with E-state index in [1.807, 2.05) is 6.92 Å². The van der Waals surface area contributed by atoms with E-state index in [1.54, 1.807) is 31.2 Å². The Morgan fingerprint density at radius 1 is 0.951 bits per heavy atom. The number of unbranched alkanes of at least 4 members (excludes halogenated alkanes) is 1. The maximum Gasteiger partial charge on any atom is 0.264 e. The van der Waals surface area contributed by atoms with Crippen LogP contribution in [0.2, 0.25) is 0 Å². The summed E-state index contributed by atoms with van der Waals surface area (Å²) in [6.07, 6.45) is 1.66. The van der Waals surface area contributed by atoms with Gasteiger partial charge in [-0.2, -0.15) is 0 Å². The Morgan fingerprint density at radius 3 is 2.22 bits per heavy atom. The zero-order chi connectivity index (χ0) is 30.0. The number of carbonyl (C=O) groups is 2. The minimum Gasteiger partial charge on any atom is -0.497 e. The summed E-state index contributed by atoms with van der Waals surface area (Å²) >= 11 is 0. The third-order valence-electron chi connectivity index (χ3n) is 6.52. The van der Waals surface area contributed by atoms with Gasteiger partial charge in [0.2, 0.25) is 11.8 Å². The number of rotatable bonds is 14. The van der Waals surface area contributed by atoms with Gasteiger partial charge in [-0.05, 0) is 79.6 Å². The zero-order valence-corrected chi connectivity index (χ0v) is 24.5. The second kappa shape index (κ2) is 14.5. The van der Waals surface area contributed by atoms with Crippen molar-refractivity contribution in [1.82, 2.24) is 10.2 Å². The summed E-state index contributed by atoms with van der Waals surface area (Å²) in [6.45, 7) is 3.45. The molecule has 1 atom stereocenters. The highest BCUT2D eigenvalue weighted by molar-refractivity contribution is 7.92. The van der Waals surface area contributed by atoms with E-state index in [-0.39, 0.29) is 23.0 Å². The van der Waals surface area contributed by atoms with Gasteiger partial charge in [-0.25, -0.2) is 12.8 Å². The van der Waals surface area contributed by atoms with E-state index in [2.05, 4.69) is 5.32 Å². The van der Waals surface area contributed by atoms with Crippen LogP contribution in [0.15, 0.2) is 77.7 Å². The third kappa shape index (κ3) is 8.20. The topological polar surface area (TPSA) is 105 Å². The third-order valence-corrected chi connectivity index (χ3v) is 8.31. The second-order valence-corrected chi connectivity index (χ2v) is 11.2. The molecule has 11 heteroatoms. The maximum absolute atomic E-state index is 13.9. The van der Waals surface area contributed by atoms with Crippen molar-refractivity contribution in [2.45, 2.75) is 44.2 Å². The van der Waals surface area contributed by atoms with Gasteiger partial charge in [-0.1, -0.05) is 25.5 Å². The molecular formula is C30H36FN3O6S. The first-order valence-corrected chi connectivity index (χ1v) is 14.7. The minimum absolute atomic E-state index is 0.0260. The molecule has 0 bridgehead atoms. The van der Waals surface area contributed by atoms with E-state index in [0.717, 1.165) is 29.3 Å². The Hall–Kier alpha value is -4.12. The first-order chi connectivity index (χ1) is 19.6. The van der Waals surface area contributed by atoms with Gasteiger partial charge < -0.3 is 19.7 Å². The van der Waals surface area contributed by atoms with Crippen LogP contribution < -0.4 is 19.1 Å². The highest BCUT2D eigenvalue weighted by Gasteiger charge is 2.32. The fourth-order valence-corrected chi connectivity index (χ4v) is 5.51. The molecule has 0 aliphatic heterocycles. The van der Waals surface area contributed by atoms with Gasteiger partial charge in [0.1, 0.15) is 29.9 Å². The molecule has 0 saturated heterocycles. The van der Waals surface area contributed by atoms with Crippen LogP contribution in [0.3, 0.4) is 0 Å². The average molecular weight is 586 g/mol. The fraction of sp³-hybridized carbons (Fsp3) is 0.333. The number of ether oxygens (including phenoxy) is 2. The Morgan fingerprint density at radius 2 is 1.61 bits per heavy atom. The number of nitrogens with one attached hydrogen (secondary N) is 1. The quantitative estimate of drug-likeness (QED) is 0.282. The predicted molar refractivity (Wildman–Crippen MR) is 155 cm³/mol. The van der Waals surface area contributed by atoms with Gasteiger partial charge in [0.25, 0.3) is 10.0 Å². The molecule has 0 unspecified atom stereocenters. The summed E-state index contributed by atoms with van der Waals surface area (Å²) in [5, 5.41) is 2.84. The number of benzene rings is 3. The number of methoxy groups -OCH3 is 2. The molecule has 220 valence electrons. The summed E-state index contributed by atoms with van der Waals surface area (Å²) < 4.78 is 52.8. The normalized spacial score (nSPS) is 11.8. The number of hydrogen-bond acceptors (Lipinski definition) is 6. The maximum atomic E-state index is 13.9. The van der Waals surface area contributed by atoms with Crippen molar-refractivity contribution in [2.75, 3.05) is 31.6 Å². The van der Waals surface area contributed by atoms with Crippen molar-refractivity contribution in [3.8, 4) is 11.5 Å². The van der Waals surface area contributed by atoms with Crippen LogP contribution in [0.5, 0.6) is 11.5 Å². The molecule has 2 amide bonds. The fourth-order valence-electron chi connectivity index (χ4n) is 4.10. The molecule has 1 N–H and O–H groups in total. The smallest absolute Gasteiger partial charge is 0.264 e. The Kier molecular flexibility index (Phi) is 11.1. The molecule has 0 saturated carbocycles. The highest BCUT2D eigenvalue weighted by Crippen LogP contribution is 2.26. The number of hydrogen-bond donors (Lipinski definition) is 1. The highest BCUT2D eigenvalue weighted by atomic mass is 32.2. The number of sulfonamides is 1. The number of nitrogens with zero attached hydrogens (tertiary/aromatic N) is 2. The van der Waals surface area contributed by atoms with Gasteiger partial charge >= 0.3 is 0 Å². The minimum atomic E-state index is -4.28. The lowest BCUT2D eigenvalue weighted by molar-refractivity contribution is -0.139. The summed E-state index contributed by atoms with van der Waals surface area (Å²) in [4.78, 5) is 28.2. The largest absolute Gasteiger partial charge is 0.497 e. The molecule has 3 rings (SSSR count). The summed E-state index contributed by atoms with van der Waals surface area (Å²) in [5.41, 5.74) is 0.786. The molecule has 3 aromatic rings. The van der Waals surface area contributed by atoms with Crippen molar-refractivity contribution in [3.63, 3.8) is 0 Å².